The number of ether oxygens (including phenoxy) is 1. The average molecular weight is 500 g/mol. The SMILES string of the molecule is COc1ccc(/C=C2\N=C(SCC(=O)Nc3c(C)cccc3C)N(c3cc(C)cc(C)c3)C2=O)cc1. The van der Waals surface area contributed by atoms with Gasteiger partial charge in [0.25, 0.3) is 5.91 Å². The minimum atomic E-state index is -0.228. The van der Waals surface area contributed by atoms with Crippen molar-refractivity contribution in [2.45, 2.75) is 27.7 Å². The number of carbonyl (C=O) groups excluding carboxylic acids is 2. The van der Waals surface area contributed by atoms with Crippen LogP contribution in [0.15, 0.2) is 71.4 Å². The van der Waals surface area contributed by atoms with Crippen molar-refractivity contribution in [2.24, 2.45) is 4.99 Å². The van der Waals surface area contributed by atoms with E-state index < -0.39 is 0 Å². The van der Waals surface area contributed by atoms with E-state index in [4.69, 9.17) is 4.74 Å². The molecule has 4 rings (SSSR count). The summed E-state index contributed by atoms with van der Waals surface area (Å²) in [4.78, 5) is 32.6. The van der Waals surface area contributed by atoms with E-state index in [9.17, 15) is 9.59 Å². The summed E-state index contributed by atoms with van der Waals surface area (Å²) in [6, 6.07) is 19.3. The summed E-state index contributed by atoms with van der Waals surface area (Å²) in [5, 5.41) is 3.48. The van der Waals surface area contributed by atoms with Crippen LogP contribution in [-0.4, -0.2) is 29.8 Å². The summed E-state index contributed by atoms with van der Waals surface area (Å²) in [5.41, 5.74) is 6.80. The van der Waals surface area contributed by atoms with Crippen LogP contribution in [0.4, 0.5) is 11.4 Å². The van der Waals surface area contributed by atoms with Crippen LogP contribution in [-0.2, 0) is 9.59 Å². The summed E-state index contributed by atoms with van der Waals surface area (Å²) in [6.45, 7) is 7.92. The number of hydrogen-bond acceptors (Lipinski definition) is 5. The molecule has 0 radical (unpaired) electrons. The molecule has 6 nitrogen and oxygen atoms in total. The van der Waals surface area contributed by atoms with Gasteiger partial charge >= 0.3 is 0 Å². The van der Waals surface area contributed by atoms with Crippen molar-refractivity contribution in [3.63, 3.8) is 0 Å². The van der Waals surface area contributed by atoms with Crippen LogP contribution in [0.3, 0.4) is 0 Å². The Morgan fingerprint density at radius 3 is 2.25 bits per heavy atom. The number of para-hydroxylation sites is 1. The maximum atomic E-state index is 13.5. The van der Waals surface area contributed by atoms with E-state index in [0.29, 0.717) is 10.9 Å². The Labute approximate surface area is 216 Å². The normalized spacial score (nSPS) is 14.2. The molecular formula is C29H29N3O3S. The maximum absolute atomic E-state index is 13.5. The topological polar surface area (TPSA) is 71.0 Å². The second kappa shape index (κ2) is 10.8. The molecule has 1 aliphatic heterocycles. The zero-order valence-electron chi connectivity index (χ0n) is 21.1. The average Bonchev–Trinajstić information content (AvgIpc) is 3.15. The van der Waals surface area contributed by atoms with Gasteiger partial charge in [-0.3, -0.25) is 14.5 Å². The predicted octanol–water partition coefficient (Wildman–Crippen LogP) is 6.04. The number of aryl methyl sites for hydroxylation is 4. The molecule has 36 heavy (non-hydrogen) atoms. The first kappa shape index (κ1) is 25.3. The number of nitrogens with one attached hydrogen (secondary N) is 1. The lowest BCUT2D eigenvalue weighted by atomic mass is 10.1. The summed E-state index contributed by atoms with van der Waals surface area (Å²) in [7, 11) is 1.61. The van der Waals surface area contributed by atoms with Gasteiger partial charge in [0.2, 0.25) is 5.91 Å². The number of thioether (sulfide) groups is 1. The van der Waals surface area contributed by atoms with Crippen LogP contribution in [0.25, 0.3) is 6.08 Å². The van der Waals surface area contributed by atoms with E-state index in [0.717, 1.165) is 44.9 Å². The molecule has 3 aromatic rings. The second-order valence-corrected chi connectivity index (χ2v) is 9.73. The van der Waals surface area contributed by atoms with Gasteiger partial charge in [0.15, 0.2) is 5.17 Å². The fourth-order valence-corrected chi connectivity index (χ4v) is 4.89. The molecule has 3 aromatic carbocycles. The monoisotopic (exact) mass is 499 g/mol. The maximum Gasteiger partial charge on any atom is 0.283 e. The Hall–Kier alpha value is -3.84. The molecule has 0 fully saturated rings. The van der Waals surface area contributed by atoms with Crippen molar-refractivity contribution in [3.05, 3.63) is 94.2 Å². The van der Waals surface area contributed by atoms with Crippen molar-refractivity contribution in [1.82, 2.24) is 0 Å². The zero-order chi connectivity index (χ0) is 25.8. The Bertz CT molecular complexity index is 1340. The van der Waals surface area contributed by atoms with Gasteiger partial charge in [0.05, 0.1) is 18.6 Å². The minimum Gasteiger partial charge on any atom is -0.497 e. The number of hydrogen-bond donors (Lipinski definition) is 1. The molecule has 1 aliphatic rings. The Kier molecular flexibility index (Phi) is 7.60. The zero-order valence-corrected chi connectivity index (χ0v) is 21.9. The van der Waals surface area contributed by atoms with Crippen molar-refractivity contribution in [2.75, 3.05) is 23.1 Å². The number of aliphatic imine (C=N–C) groups is 1. The highest BCUT2D eigenvalue weighted by Crippen LogP contribution is 2.31. The van der Waals surface area contributed by atoms with Gasteiger partial charge in [-0.05, 0) is 85.9 Å². The van der Waals surface area contributed by atoms with Gasteiger partial charge in [-0.25, -0.2) is 4.99 Å². The van der Waals surface area contributed by atoms with Crippen LogP contribution in [0, 0.1) is 27.7 Å². The molecule has 0 saturated carbocycles. The van der Waals surface area contributed by atoms with Crippen LogP contribution >= 0.6 is 11.8 Å². The van der Waals surface area contributed by atoms with Crippen molar-refractivity contribution in [3.8, 4) is 5.75 Å². The molecule has 0 atom stereocenters. The number of anilines is 2. The van der Waals surface area contributed by atoms with Gasteiger partial charge in [-0.1, -0.05) is 48.2 Å². The lowest BCUT2D eigenvalue weighted by Gasteiger charge is -2.19. The number of benzene rings is 3. The first-order valence-corrected chi connectivity index (χ1v) is 12.6. The van der Waals surface area contributed by atoms with Crippen molar-refractivity contribution < 1.29 is 14.3 Å². The molecule has 0 unspecified atom stereocenters. The molecule has 0 bridgehead atoms. The number of rotatable bonds is 6. The van der Waals surface area contributed by atoms with E-state index >= 15 is 0 Å². The summed E-state index contributed by atoms with van der Waals surface area (Å²) >= 11 is 1.24. The molecule has 7 heteroatoms. The van der Waals surface area contributed by atoms with Crippen molar-refractivity contribution >= 4 is 46.2 Å². The molecular weight excluding hydrogens is 470 g/mol. The second-order valence-electron chi connectivity index (χ2n) is 8.79. The standard InChI is InChI=1S/C29H29N3O3S/c1-18-13-19(2)15-23(14-18)32-28(34)25(16-22-9-11-24(35-5)12-10-22)30-29(32)36-17-26(33)31-27-20(3)7-6-8-21(27)4/h6-16H,17H2,1-5H3,(H,31,33)/b25-16-. The third-order valence-electron chi connectivity index (χ3n) is 5.79. The molecule has 0 saturated heterocycles. The third-order valence-corrected chi connectivity index (χ3v) is 6.73. The number of methoxy groups -OCH3 is 1. The minimum absolute atomic E-state index is 0.122. The lowest BCUT2D eigenvalue weighted by Crippen LogP contribution is -2.31. The van der Waals surface area contributed by atoms with Gasteiger partial charge < -0.3 is 10.1 Å². The Morgan fingerprint density at radius 1 is 1.00 bits per heavy atom. The molecule has 1 N–H and O–H groups in total. The summed E-state index contributed by atoms with van der Waals surface area (Å²) < 4.78 is 5.22. The molecule has 1 heterocycles. The van der Waals surface area contributed by atoms with E-state index in [1.807, 2.05) is 82.3 Å². The third kappa shape index (κ3) is 5.69. The van der Waals surface area contributed by atoms with E-state index in [1.54, 1.807) is 18.1 Å². The number of amidine groups is 1. The molecule has 0 spiro atoms. The van der Waals surface area contributed by atoms with Crippen LogP contribution in [0.2, 0.25) is 0 Å². The largest absolute Gasteiger partial charge is 0.497 e. The van der Waals surface area contributed by atoms with Crippen LogP contribution in [0.1, 0.15) is 27.8 Å². The van der Waals surface area contributed by atoms with E-state index in [-0.39, 0.29) is 17.6 Å². The van der Waals surface area contributed by atoms with E-state index in [1.165, 1.54) is 11.8 Å². The summed E-state index contributed by atoms with van der Waals surface area (Å²) in [5.74, 6) is 0.479. The summed E-state index contributed by atoms with van der Waals surface area (Å²) in [6.07, 6.45) is 1.75. The highest BCUT2D eigenvalue weighted by atomic mass is 32.2. The first-order chi connectivity index (χ1) is 17.2. The lowest BCUT2D eigenvalue weighted by molar-refractivity contribution is -0.114. The number of nitrogens with zero attached hydrogens (tertiary/aromatic N) is 2. The Balaban J connectivity index is 1.61. The first-order valence-electron chi connectivity index (χ1n) is 11.6. The van der Waals surface area contributed by atoms with Gasteiger partial charge in [-0.2, -0.15) is 0 Å². The van der Waals surface area contributed by atoms with Crippen LogP contribution in [0.5, 0.6) is 5.75 Å². The van der Waals surface area contributed by atoms with Crippen molar-refractivity contribution in [1.29, 1.82) is 0 Å². The van der Waals surface area contributed by atoms with E-state index in [2.05, 4.69) is 16.4 Å². The highest BCUT2D eigenvalue weighted by molar-refractivity contribution is 8.14. The quantitative estimate of drug-likeness (QED) is 0.420. The number of carbonyl (C=O) groups is 2. The van der Waals surface area contributed by atoms with Gasteiger partial charge in [0.1, 0.15) is 11.4 Å². The molecule has 2 amide bonds. The van der Waals surface area contributed by atoms with Gasteiger partial charge in [-0.15, -0.1) is 0 Å². The number of amides is 2. The molecule has 0 aromatic heterocycles. The predicted molar refractivity (Wildman–Crippen MR) is 149 cm³/mol. The fraction of sp³-hybridized carbons (Fsp3) is 0.207. The highest BCUT2D eigenvalue weighted by Gasteiger charge is 2.32. The van der Waals surface area contributed by atoms with Crippen LogP contribution < -0.4 is 15.0 Å². The smallest absolute Gasteiger partial charge is 0.283 e. The Morgan fingerprint density at radius 2 is 1.64 bits per heavy atom. The fourth-order valence-electron chi connectivity index (χ4n) is 4.08. The molecule has 0 aliphatic carbocycles. The van der Waals surface area contributed by atoms with Gasteiger partial charge in [0, 0.05) is 5.69 Å². The molecule has 184 valence electrons.